The van der Waals surface area contributed by atoms with Crippen molar-refractivity contribution in [3.05, 3.63) is 18.0 Å². The maximum Gasteiger partial charge on any atom is 0.247 e. The fourth-order valence-electron chi connectivity index (χ4n) is 0.236. The molecule has 0 aliphatic carbocycles. The Morgan fingerprint density at radius 3 is 1.88 bits per heavy atom. The first-order valence-corrected chi connectivity index (χ1v) is 1.73. The number of aromatic nitrogens is 3. The number of hydrogen-bond donors (Lipinski definition) is 0. The van der Waals surface area contributed by atoms with Gasteiger partial charge in [-0.15, -0.1) is 0 Å². The minimum Gasteiger partial charge on any atom is -0.182 e. The molecule has 0 unspecified atom stereocenters. The molecule has 0 atom stereocenters. The molecule has 0 aliphatic rings. The van der Waals surface area contributed by atoms with Gasteiger partial charge in [0.1, 0.15) is 6.07 Å². The zero-order valence-electron chi connectivity index (χ0n) is 3.60. The van der Waals surface area contributed by atoms with Crippen molar-refractivity contribution < 1.29 is 8.78 Å². The van der Waals surface area contributed by atoms with Gasteiger partial charge in [-0.25, -0.2) is 0 Å². The third kappa shape index (κ3) is 0.927. The van der Waals surface area contributed by atoms with E-state index in [-0.39, 0.29) is 0 Å². The number of halogens is 2. The van der Waals surface area contributed by atoms with E-state index in [0.29, 0.717) is 0 Å². The van der Waals surface area contributed by atoms with Crippen LogP contribution in [0.3, 0.4) is 0 Å². The monoisotopic (exact) mass is 116 g/mol. The van der Waals surface area contributed by atoms with E-state index in [0.717, 1.165) is 0 Å². The van der Waals surface area contributed by atoms with Gasteiger partial charge < -0.3 is 0 Å². The van der Waals surface area contributed by atoms with E-state index in [4.69, 9.17) is 0 Å². The molecule has 0 fully saturated rings. The van der Waals surface area contributed by atoms with Crippen LogP contribution in [0, 0.1) is 18.0 Å². The molecule has 1 aromatic heterocycles. The zero-order chi connectivity index (χ0) is 5.98. The molecular formula is C3F2N3. The predicted octanol–water partition coefficient (Wildman–Crippen LogP) is -0.0500. The molecule has 41 valence electrons. The quantitative estimate of drug-likeness (QED) is 0.477. The number of hydrogen-bond acceptors (Lipinski definition) is 3. The van der Waals surface area contributed by atoms with Crippen LogP contribution in [0.5, 0.6) is 0 Å². The van der Waals surface area contributed by atoms with Gasteiger partial charge in [0.15, 0.2) is 0 Å². The normalized spacial score (nSPS) is 9.25. The minimum atomic E-state index is -1.09. The average Bonchev–Trinajstić information content (AvgIpc) is 1.64. The van der Waals surface area contributed by atoms with Gasteiger partial charge in [-0.05, 0) is 5.21 Å². The van der Waals surface area contributed by atoms with Crippen molar-refractivity contribution >= 4 is 0 Å². The van der Waals surface area contributed by atoms with E-state index in [2.05, 4.69) is 15.4 Å². The highest BCUT2D eigenvalue weighted by Gasteiger charge is 1.94. The molecule has 1 radical (unpaired) electrons. The predicted molar refractivity (Wildman–Crippen MR) is 18.6 cm³/mol. The Kier molecular flexibility index (Phi) is 1.11. The van der Waals surface area contributed by atoms with Crippen LogP contribution in [0.4, 0.5) is 8.78 Å². The van der Waals surface area contributed by atoms with E-state index in [1.54, 1.807) is 6.07 Å². The Balaban J connectivity index is 3.08. The number of nitrogens with zero attached hydrogens (tertiary/aromatic N) is 3. The van der Waals surface area contributed by atoms with Crippen LogP contribution in [0.1, 0.15) is 0 Å². The lowest BCUT2D eigenvalue weighted by molar-refractivity contribution is 0.481. The molecule has 0 spiro atoms. The second kappa shape index (κ2) is 1.77. The molecule has 0 amide bonds. The average molecular weight is 116 g/mol. The third-order valence-electron chi connectivity index (χ3n) is 0.471. The molecule has 8 heavy (non-hydrogen) atoms. The summed E-state index contributed by atoms with van der Waals surface area (Å²) < 4.78 is 23.3. The van der Waals surface area contributed by atoms with Gasteiger partial charge >= 0.3 is 0 Å². The Bertz CT molecular complexity index is 172. The molecule has 0 aromatic carbocycles. The summed E-state index contributed by atoms with van der Waals surface area (Å²) in [5.74, 6) is -2.17. The first kappa shape index (κ1) is 5.02. The lowest BCUT2D eigenvalue weighted by Gasteiger charge is -1.79. The molecule has 0 saturated carbocycles. The first-order chi connectivity index (χ1) is 3.79. The van der Waals surface area contributed by atoms with Crippen LogP contribution < -0.4 is 0 Å². The molecule has 0 bridgehead atoms. The highest BCUT2D eigenvalue weighted by Crippen LogP contribution is 1.87. The molecule has 3 nitrogen and oxygen atoms in total. The van der Waals surface area contributed by atoms with Crippen molar-refractivity contribution in [3.63, 3.8) is 0 Å². The largest absolute Gasteiger partial charge is 0.247 e. The SMILES string of the molecule is Fc1[c]c(F)nnn1. The Morgan fingerprint density at radius 1 is 1.12 bits per heavy atom. The van der Waals surface area contributed by atoms with Gasteiger partial charge in [0.25, 0.3) is 0 Å². The summed E-state index contributed by atoms with van der Waals surface area (Å²) in [6.07, 6.45) is 0. The van der Waals surface area contributed by atoms with Crippen molar-refractivity contribution in [2.75, 3.05) is 0 Å². The summed E-state index contributed by atoms with van der Waals surface area (Å²) in [5, 5.41) is 8.14. The van der Waals surface area contributed by atoms with Gasteiger partial charge in [-0.1, -0.05) is 10.2 Å². The molecule has 1 aromatic rings. The zero-order valence-corrected chi connectivity index (χ0v) is 3.60. The van der Waals surface area contributed by atoms with Crippen LogP contribution in [-0.2, 0) is 0 Å². The summed E-state index contributed by atoms with van der Waals surface area (Å²) in [4.78, 5) is 0. The Hall–Kier alpha value is -1.13. The van der Waals surface area contributed by atoms with Crippen LogP contribution in [0.25, 0.3) is 0 Å². The third-order valence-corrected chi connectivity index (χ3v) is 0.471. The fraction of sp³-hybridized carbons (Fsp3) is 0. The van der Waals surface area contributed by atoms with Crippen LogP contribution >= 0.6 is 0 Å². The topological polar surface area (TPSA) is 38.7 Å². The van der Waals surface area contributed by atoms with Crippen molar-refractivity contribution in [1.29, 1.82) is 0 Å². The van der Waals surface area contributed by atoms with E-state index >= 15 is 0 Å². The molecule has 0 saturated heterocycles. The number of rotatable bonds is 0. The second-order valence-corrected chi connectivity index (χ2v) is 0.996. The Labute approximate surface area is 43.4 Å². The van der Waals surface area contributed by atoms with E-state index in [9.17, 15) is 8.78 Å². The summed E-state index contributed by atoms with van der Waals surface area (Å²) >= 11 is 0. The summed E-state index contributed by atoms with van der Waals surface area (Å²) in [7, 11) is 0. The van der Waals surface area contributed by atoms with Crippen LogP contribution in [-0.4, -0.2) is 15.4 Å². The smallest absolute Gasteiger partial charge is 0.182 e. The van der Waals surface area contributed by atoms with E-state index in [1.807, 2.05) is 0 Å². The lowest BCUT2D eigenvalue weighted by atomic mass is 10.7. The van der Waals surface area contributed by atoms with Gasteiger partial charge in [-0.3, -0.25) is 0 Å². The Morgan fingerprint density at radius 2 is 1.62 bits per heavy atom. The summed E-state index contributed by atoms with van der Waals surface area (Å²) in [5.41, 5.74) is 0. The standard InChI is InChI=1S/C3F2N3/c4-2-1-3(5)7-8-6-2. The molecular weight excluding hydrogens is 116 g/mol. The van der Waals surface area contributed by atoms with Gasteiger partial charge in [0, 0.05) is 0 Å². The fourth-order valence-corrected chi connectivity index (χ4v) is 0.236. The second-order valence-electron chi connectivity index (χ2n) is 0.996. The minimum absolute atomic E-state index is 1.09. The molecule has 1 rings (SSSR count). The highest BCUT2D eigenvalue weighted by atomic mass is 19.1. The molecule has 5 heteroatoms. The van der Waals surface area contributed by atoms with Gasteiger partial charge in [0.2, 0.25) is 11.9 Å². The van der Waals surface area contributed by atoms with Crippen molar-refractivity contribution in [2.45, 2.75) is 0 Å². The molecule has 0 aliphatic heterocycles. The molecule has 0 N–H and O–H groups in total. The van der Waals surface area contributed by atoms with Crippen LogP contribution in [0.2, 0.25) is 0 Å². The highest BCUT2D eigenvalue weighted by molar-refractivity contribution is 4.75. The van der Waals surface area contributed by atoms with Crippen LogP contribution in [0.15, 0.2) is 0 Å². The summed E-state index contributed by atoms with van der Waals surface area (Å²) in [6, 6.07) is 1.55. The van der Waals surface area contributed by atoms with Gasteiger partial charge in [-0.2, -0.15) is 8.78 Å². The molecule has 1 heterocycles. The van der Waals surface area contributed by atoms with Gasteiger partial charge in [0.05, 0.1) is 0 Å². The maximum absolute atomic E-state index is 11.7. The van der Waals surface area contributed by atoms with Crippen molar-refractivity contribution in [1.82, 2.24) is 15.4 Å². The summed E-state index contributed by atoms with van der Waals surface area (Å²) in [6.45, 7) is 0. The van der Waals surface area contributed by atoms with Crippen molar-refractivity contribution in [2.24, 2.45) is 0 Å². The van der Waals surface area contributed by atoms with Crippen molar-refractivity contribution in [3.8, 4) is 0 Å². The first-order valence-electron chi connectivity index (χ1n) is 1.73. The lowest BCUT2D eigenvalue weighted by Crippen LogP contribution is -1.93. The van der Waals surface area contributed by atoms with E-state index in [1.165, 1.54) is 0 Å². The van der Waals surface area contributed by atoms with E-state index < -0.39 is 11.9 Å². The maximum atomic E-state index is 11.7.